The molecule has 0 nitrogen and oxygen atoms in total. The van der Waals surface area contributed by atoms with Gasteiger partial charge in [0.2, 0.25) is 0 Å². The molecule has 24 valence electrons. The summed E-state index contributed by atoms with van der Waals surface area (Å²) in [6.07, 6.45) is 0.0811. The number of halogens is 1. The van der Waals surface area contributed by atoms with Crippen LogP contribution in [0.4, 0.5) is 0 Å². The van der Waals surface area contributed by atoms with Crippen molar-refractivity contribution in [2.75, 3.05) is 0 Å². The van der Waals surface area contributed by atoms with Gasteiger partial charge in [0, 0.05) is 0 Å². The maximum atomic E-state index is 2.59. The maximum absolute atomic E-state index is 2.59. The van der Waals surface area contributed by atoms with Gasteiger partial charge in [-0.1, -0.05) is 12.1 Å². The highest BCUT2D eigenvalue weighted by molar-refractivity contribution is 14.1. The summed E-state index contributed by atoms with van der Waals surface area (Å²) in [6.45, 7) is 0. The summed E-state index contributed by atoms with van der Waals surface area (Å²) in [5.74, 6) is 0. The van der Waals surface area contributed by atoms with Crippen LogP contribution in [0.25, 0.3) is 0 Å². The molecule has 2 heteroatoms. The van der Waals surface area contributed by atoms with E-state index in [1.54, 1.807) is 12.1 Å². The van der Waals surface area contributed by atoms with Crippen LogP contribution in [0.5, 0.6) is 0 Å². The van der Waals surface area contributed by atoms with Crippen molar-refractivity contribution < 1.29 is 0 Å². The zero-order valence-corrected chi connectivity index (χ0v) is 5.68. The second-order valence-electron chi connectivity index (χ2n) is 1.17. The van der Waals surface area contributed by atoms with E-state index in [4.69, 9.17) is 0 Å². The van der Waals surface area contributed by atoms with Gasteiger partial charge < -0.3 is 0 Å². The molecule has 0 bridgehead atoms. The van der Waals surface area contributed by atoms with E-state index in [-0.39, 0.29) is 6.29 Å². The molecule has 0 radical (unpaired) electrons. The van der Waals surface area contributed by atoms with Gasteiger partial charge in [-0.25, -0.2) is 0 Å². The summed E-state index contributed by atoms with van der Waals surface area (Å²) in [4.78, 5) is 0. The molecule has 0 amide bonds. The Kier molecular flexibility index (Phi) is 0.763. The molecule has 0 unspecified atom stereocenters. The third kappa shape index (κ3) is 0.717. The molecule has 0 aromatic heterocycles. The van der Waals surface area contributed by atoms with E-state index < -0.39 is 0 Å². The molecular formula is C2H5ISi. The average Bonchev–Trinajstić information content (AvgIpc) is 1.75. The lowest BCUT2D eigenvalue weighted by Gasteiger charge is -1.46. The normalized spacial score (nSPS) is 26.2. The van der Waals surface area contributed by atoms with Gasteiger partial charge in [-0.3, -0.25) is 0 Å². The fourth-order valence-electron chi connectivity index (χ4n) is 0.0630. The SMILES string of the molecule is I[SiH]1CC1. The van der Waals surface area contributed by atoms with Crippen LogP contribution in [0.1, 0.15) is 0 Å². The Bertz CT molecular complexity index is 25.2. The monoisotopic (exact) mass is 184 g/mol. The summed E-state index contributed by atoms with van der Waals surface area (Å²) in [5.41, 5.74) is 0. The zero-order valence-electron chi connectivity index (χ0n) is 2.37. The van der Waals surface area contributed by atoms with Gasteiger partial charge in [-0.2, -0.15) is 0 Å². The van der Waals surface area contributed by atoms with Gasteiger partial charge in [-0.15, -0.1) is 21.8 Å². The zero-order chi connectivity index (χ0) is 2.99. The Labute approximate surface area is 40.4 Å². The fraction of sp³-hybridized carbons (Fsp3) is 1.00. The summed E-state index contributed by atoms with van der Waals surface area (Å²) < 4.78 is 0. The third-order valence-electron chi connectivity index (χ3n) is 0.507. The summed E-state index contributed by atoms with van der Waals surface area (Å²) in [6, 6.07) is 3.22. The molecule has 1 saturated heterocycles. The van der Waals surface area contributed by atoms with Crippen LogP contribution in [0.2, 0.25) is 12.1 Å². The molecule has 0 aromatic rings. The Morgan fingerprint density at radius 3 is 1.75 bits per heavy atom. The standard InChI is InChI=1S/C2H5ISi/c3-4-1-2-4/h4H,1-2H2. The smallest absolute Gasteiger partial charge is 0.109 e. The third-order valence-corrected chi connectivity index (χ3v) is 5.26. The Hall–Kier alpha value is 0.947. The van der Waals surface area contributed by atoms with Crippen LogP contribution in [-0.2, 0) is 0 Å². The molecule has 1 rings (SSSR count). The van der Waals surface area contributed by atoms with Crippen LogP contribution in [0.15, 0.2) is 0 Å². The van der Waals surface area contributed by atoms with Crippen molar-refractivity contribution in [3.63, 3.8) is 0 Å². The van der Waals surface area contributed by atoms with E-state index in [1.807, 2.05) is 0 Å². The van der Waals surface area contributed by atoms with Crippen molar-refractivity contribution in [2.24, 2.45) is 0 Å². The van der Waals surface area contributed by atoms with Crippen LogP contribution in [-0.4, -0.2) is 6.29 Å². The topological polar surface area (TPSA) is 0 Å². The van der Waals surface area contributed by atoms with E-state index in [9.17, 15) is 0 Å². The molecule has 1 aliphatic rings. The lowest BCUT2D eigenvalue weighted by atomic mass is 11.0. The molecule has 0 saturated carbocycles. The first-order valence-electron chi connectivity index (χ1n) is 1.53. The highest BCUT2D eigenvalue weighted by Crippen LogP contribution is 2.26. The first kappa shape index (κ1) is 3.15. The van der Waals surface area contributed by atoms with E-state index >= 15 is 0 Å². The predicted octanol–water partition coefficient (Wildman–Crippen LogP) is 1.16. The molecule has 0 atom stereocenters. The van der Waals surface area contributed by atoms with Gasteiger partial charge in [0.05, 0.1) is 0 Å². The Balaban J connectivity index is 2.17. The Morgan fingerprint density at radius 2 is 1.75 bits per heavy atom. The van der Waals surface area contributed by atoms with Crippen molar-refractivity contribution in [3.8, 4) is 0 Å². The summed E-state index contributed by atoms with van der Waals surface area (Å²) in [5, 5.41) is 0. The van der Waals surface area contributed by atoms with Crippen molar-refractivity contribution in [1.82, 2.24) is 0 Å². The fourth-order valence-corrected chi connectivity index (χ4v) is 3.80. The molecule has 1 fully saturated rings. The van der Waals surface area contributed by atoms with Gasteiger partial charge in [0.15, 0.2) is 0 Å². The van der Waals surface area contributed by atoms with Crippen LogP contribution in [0, 0.1) is 0 Å². The second kappa shape index (κ2) is 0.969. The average molecular weight is 184 g/mol. The molecule has 4 heavy (non-hydrogen) atoms. The summed E-state index contributed by atoms with van der Waals surface area (Å²) >= 11 is 2.59. The lowest BCUT2D eigenvalue weighted by molar-refractivity contribution is 1.69. The van der Waals surface area contributed by atoms with Gasteiger partial charge in [0.25, 0.3) is 0 Å². The summed E-state index contributed by atoms with van der Waals surface area (Å²) in [7, 11) is 0. The Morgan fingerprint density at radius 1 is 1.50 bits per heavy atom. The minimum Gasteiger partial charge on any atom is -0.123 e. The molecule has 1 heterocycles. The number of rotatable bonds is 0. The highest BCUT2D eigenvalue weighted by Gasteiger charge is 2.17. The maximum Gasteiger partial charge on any atom is 0.109 e. The second-order valence-corrected chi connectivity index (χ2v) is 8.81. The van der Waals surface area contributed by atoms with E-state index in [0.717, 1.165) is 0 Å². The predicted molar refractivity (Wildman–Crippen MR) is 30.8 cm³/mol. The van der Waals surface area contributed by atoms with Gasteiger partial charge in [0.1, 0.15) is 6.29 Å². The largest absolute Gasteiger partial charge is 0.123 e. The van der Waals surface area contributed by atoms with Crippen molar-refractivity contribution in [3.05, 3.63) is 0 Å². The van der Waals surface area contributed by atoms with E-state index in [1.165, 1.54) is 0 Å². The van der Waals surface area contributed by atoms with Crippen LogP contribution >= 0.6 is 21.8 Å². The van der Waals surface area contributed by atoms with Crippen molar-refractivity contribution >= 4 is 28.1 Å². The first-order chi connectivity index (χ1) is 1.89. The molecule has 0 aliphatic carbocycles. The van der Waals surface area contributed by atoms with E-state index in [0.29, 0.717) is 0 Å². The number of hydrogen-bond donors (Lipinski definition) is 0. The highest BCUT2D eigenvalue weighted by atomic mass is 127. The first-order valence-corrected chi connectivity index (χ1v) is 7.34. The molecule has 0 aromatic carbocycles. The minimum absolute atomic E-state index is 0.0811. The van der Waals surface area contributed by atoms with E-state index in [2.05, 4.69) is 21.8 Å². The van der Waals surface area contributed by atoms with Crippen LogP contribution in [0.3, 0.4) is 0 Å². The molecule has 0 N–H and O–H groups in total. The van der Waals surface area contributed by atoms with Crippen molar-refractivity contribution in [1.29, 1.82) is 0 Å². The number of hydrogen-bond acceptors (Lipinski definition) is 0. The molecule has 1 aliphatic heterocycles. The lowest BCUT2D eigenvalue weighted by Crippen LogP contribution is -1.52. The molecule has 0 spiro atoms. The quantitative estimate of drug-likeness (QED) is 0.301. The van der Waals surface area contributed by atoms with Crippen molar-refractivity contribution in [2.45, 2.75) is 12.1 Å². The minimum atomic E-state index is 0.0811. The van der Waals surface area contributed by atoms with Gasteiger partial charge in [-0.05, 0) is 0 Å². The van der Waals surface area contributed by atoms with Gasteiger partial charge >= 0.3 is 0 Å². The van der Waals surface area contributed by atoms with Crippen LogP contribution < -0.4 is 0 Å². The molecular weight excluding hydrogens is 179 g/mol.